The first-order chi connectivity index (χ1) is 18.0. The van der Waals surface area contributed by atoms with Gasteiger partial charge < -0.3 is 4.57 Å². The van der Waals surface area contributed by atoms with Crippen LogP contribution in [-0.4, -0.2) is 31.4 Å². The van der Waals surface area contributed by atoms with E-state index >= 15 is 0 Å². The Balaban J connectivity index is 1.46. The molecule has 1 N–H and O–H groups in total. The zero-order valence-corrected chi connectivity index (χ0v) is 24.2. The first-order valence-corrected chi connectivity index (χ1v) is 14.7. The quantitative estimate of drug-likeness (QED) is 0.189. The summed E-state index contributed by atoms with van der Waals surface area (Å²) < 4.78 is 29.3. The molecule has 3 aromatic carbocycles. The van der Waals surface area contributed by atoms with Crippen LogP contribution in [0.25, 0.3) is 5.69 Å². The molecule has 0 spiro atoms. The summed E-state index contributed by atoms with van der Waals surface area (Å²) in [5.74, 6) is -0.405. The van der Waals surface area contributed by atoms with Crippen molar-refractivity contribution in [1.29, 1.82) is 0 Å². The fourth-order valence-electron chi connectivity index (χ4n) is 4.07. The molecule has 196 valence electrons. The van der Waals surface area contributed by atoms with Gasteiger partial charge in [-0.3, -0.25) is 9.10 Å². The lowest BCUT2D eigenvalue weighted by Crippen LogP contribution is -2.29. The normalized spacial score (nSPS) is 11.6. The van der Waals surface area contributed by atoms with Gasteiger partial charge >= 0.3 is 0 Å². The van der Waals surface area contributed by atoms with Crippen LogP contribution in [0.5, 0.6) is 0 Å². The molecule has 7 nitrogen and oxygen atoms in total. The van der Waals surface area contributed by atoms with Gasteiger partial charge in [0, 0.05) is 37.7 Å². The van der Waals surface area contributed by atoms with Crippen molar-refractivity contribution in [2.75, 3.05) is 10.6 Å². The van der Waals surface area contributed by atoms with Gasteiger partial charge in [0.25, 0.3) is 5.91 Å². The molecule has 1 amide bonds. The molecule has 0 aliphatic carbocycles. The highest BCUT2D eigenvalue weighted by Gasteiger charge is 2.18. The molecule has 4 aromatic rings. The predicted molar refractivity (Wildman–Crippen MR) is 157 cm³/mol. The molecule has 1 aromatic heterocycles. The minimum absolute atomic E-state index is 0.143. The summed E-state index contributed by atoms with van der Waals surface area (Å²) in [6.07, 6.45) is 2.76. The van der Waals surface area contributed by atoms with Crippen molar-refractivity contribution >= 4 is 55.4 Å². The molecule has 0 radical (unpaired) electrons. The minimum atomic E-state index is -3.56. The summed E-state index contributed by atoms with van der Waals surface area (Å²) in [5.41, 5.74) is 8.09. The second kappa shape index (κ2) is 11.6. The Morgan fingerprint density at radius 2 is 1.66 bits per heavy atom. The summed E-state index contributed by atoms with van der Waals surface area (Å²) in [6, 6.07) is 23.3. The summed E-state index contributed by atoms with van der Waals surface area (Å²) in [7, 11) is -3.56. The minimum Gasteiger partial charge on any atom is -0.318 e. The molecular formula is C28H26BrClN4O3S. The van der Waals surface area contributed by atoms with Crippen LogP contribution in [0.1, 0.15) is 32.9 Å². The number of aryl methyl sites for hydroxylation is 1. The van der Waals surface area contributed by atoms with Crippen molar-refractivity contribution in [3.8, 4) is 5.69 Å². The molecule has 4 rings (SSSR count). The van der Waals surface area contributed by atoms with Gasteiger partial charge in [-0.15, -0.1) is 0 Å². The standard InChI is InChI=1S/C28H26BrClN4O3S/c1-19-16-23(20(2)34(19)27-14-8-24(29)9-15-27)17-31-32-28(35)22-6-12-26(13-7-22)33(38(3,36)37)18-21-4-10-25(30)11-5-21/h4-17H,18H2,1-3H3,(H,32,35)/b31-17-. The Bertz CT molecular complexity index is 1580. The highest BCUT2D eigenvalue weighted by atomic mass is 79.9. The van der Waals surface area contributed by atoms with Crippen LogP contribution in [0.3, 0.4) is 0 Å². The van der Waals surface area contributed by atoms with Gasteiger partial charge in [-0.1, -0.05) is 39.7 Å². The Morgan fingerprint density at radius 1 is 1.03 bits per heavy atom. The number of carbonyl (C=O) groups excluding carboxylic acids is 1. The number of hydrazone groups is 1. The summed E-state index contributed by atoms with van der Waals surface area (Å²) in [6.45, 7) is 4.15. The van der Waals surface area contributed by atoms with Gasteiger partial charge in [0.15, 0.2) is 0 Å². The van der Waals surface area contributed by atoms with Gasteiger partial charge in [-0.25, -0.2) is 13.8 Å². The highest BCUT2D eigenvalue weighted by molar-refractivity contribution is 9.10. The van der Waals surface area contributed by atoms with E-state index in [4.69, 9.17) is 11.6 Å². The third-order valence-electron chi connectivity index (χ3n) is 5.98. The molecule has 0 unspecified atom stereocenters. The van der Waals surface area contributed by atoms with E-state index in [0.717, 1.165) is 38.9 Å². The van der Waals surface area contributed by atoms with Gasteiger partial charge in [-0.05, 0) is 86.1 Å². The number of hydrogen-bond donors (Lipinski definition) is 1. The zero-order chi connectivity index (χ0) is 27.4. The van der Waals surface area contributed by atoms with Crippen LogP contribution in [0.4, 0.5) is 5.69 Å². The largest absolute Gasteiger partial charge is 0.318 e. The Hall–Kier alpha value is -3.40. The number of nitrogens with zero attached hydrogens (tertiary/aromatic N) is 3. The number of sulfonamides is 1. The molecule has 0 saturated heterocycles. The van der Waals surface area contributed by atoms with Crippen LogP contribution in [0.2, 0.25) is 5.02 Å². The van der Waals surface area contributed by atoms with Crippen molar-refractivity contribution < 1.29 is 13.2 Å². The van der Waals surface area contributed by atoms with E-state index in [9.17, 15) is 13.2 Å². The Labute approximate surface area is 235 Å². The predicted octanol–water partition coefficient (Wildman–Crippen LogP) is 6.24. The molecule has 0 bridgehead atoms. The smallest absolute Gasteiger partial charge is 0.271 e. The number of nitrogens with one attached hydrogen (secondary N) is 1. The fraction of sp³-hybridized carbons (Fsp3) is 0.143. The number of aromatic nitrogens is 1. The average Bonchev–Trinajstić information content (AvgIpc) is 3.16. The third kappa shape index (κ3) is 6.53. The second-order valence-electron chi connectivity index (χ2n) is 8.78. The molecule has 10 heteroatoms. The number of hydrogen-bond acceptors (Lipinski definition) is 4. The van der Waals surface area contributed by atoms with E-state index in [1.165, 1.54) is 4.31 Å². The van der Waals surface area contributed by atoms with E-state index in [-0.39, 0.29) is 6.54 Å². The van der Waals surface area contributed by atoms with Gasteiger partial charge in [-0.2, -0.15) is 5.10 Å². The monoisotopic (exact) mass is 612 g/mol. The number of carbonyl (C=O) groups is 1. The zero-order valence-electron chi connectivity index (χ0n) is 21.0. The molecule has 38 heavy (non-hydrogen) atoms. The second-order valence-corrected chi connectivity index (χ2v) is 12.0. The molecule has 0 atom stereocenters. The maximum atomic E-state index is 12.7. The molecule has 1 heterocycles. The SMILES string of the molecule is Cc1cc(/C=N\NC(=O)c2ccc(N(Cc3ccc(Cl)cc3)S(C)(=O)=O)cc2)c(C)n1-c1ccc(Br)cc1. The van der Waals surface area contributed by atoms with Crippen molar-refractivity contribution in [3.63, 3.8) is 0 Å². The third-order valence-corrected chi connectivity index (χ3v) is 7.90. The van der Waals surface area contributed by atoms with Crippen molar-refractivity contribution in [2.24, 2.45) is 5.10 Å². The van der Waals surface area contributed by atoms with Gasteiger partial charge in [0.2, 0.25) is 10.0 Å². The summed E-state index contributed by atoms with van der Waals surface area (Å²) in [5, 5.41) is 4.71. The number of halogens is 2. The molecule has 0 aliphatic heterocycles. The maximum absolute atomic E-state index is 12.7. The van der Waals surface area contributed by atoms with E-state index in [1.54, 1.807) is 54.7 Å². The lowest BCUT2D eigenvalue weighted by Gasteiger charge is -2.22. The number of rotatable bonds is 8. The van der Waals surface area contributed by atoms with E-state index in [0.29, 0.717) is 16.3 Å². The van der Waals surface area contributed by atoms with Crippen LogP contribution in [-0.2, 0) is 16.6 Å². The van der Waals surface area contributed by atoms with Crippen LogP contribution in [0.15, 0.2) is 88.4 Å². The number of amides is 1. The number of anilines is 1. The molecule has 0 aliphatic rings. The number of benzene rings is 3. The van der Waals surface area contributed by atoms with E-state index in [2.05, 4.69) is 31.0 Å². The highest BCUT2D eigenvalue weighted by Crippen LogP contribution is 2.23. The Morgan fingerprint density at radius 3 is 2.26 bits per heavy atom. The van der Waals surface area contributed by atoms with Gasteiger partial charge in [0.1, 0.15) is 0 Å². The maximum Gasteiger partial charge on any atom is 0.271 e. The van der Waals surface area contributed by atoms with E-state index in [1.807, 2.05) is 44.2 Å². The fourth-order valence-corrected chi connectivity index (χ4v) is 5.34. The first kappa shape index (κ1) is 27.6. The Kier molecular flexibility index (Phi) is 8.40. The van der Waals surface area contributed by atoms with Gasteiger partial charge in [0.05, 0.1) is 24.7 Å². The molecule has 0 saturated carbocycles. The van der Waals surface area contributed by atoms with Crippen molar-refractivity contribution in [2.45, 2.75) is 20.4 Å². The molecular weight excluding hydrogens is 588 g/mol. The van der Waals surface area contributed by atoms with Crippen LogP contribution >= 0.6 is 27.5 Å². The first-order valence-electron chi connectivity index (χ1n) is 11.6. The average molecular weight is 614 g/mol. The molecule has 0 fully saturated rings. The lowest BCUT2D eigenvalue weighted by atomic mass is 10.2. The van der Waals surface area contributed by atoms with Crippen molar-refractivity contribution in [1.82, 2.24) is 9.99 Å². The summed E-state index contributed by atoms with van der Waals surface area (Å²) in [4.78, 5) is 12.7. The van der Waals surface area contributed by atoms with Crippen LogP contribution < -0.4 is 9.73 Å². The van der Waals surface area contributed by atoms with Crippen LogP contribution in [0, 0.1) is 13.8 Å². The van der Waals surface area contributed by atoms with E-state index < -0.39 is 15.9 Å². The summed E-state index contributed by atoms with van der Waals surface area (Å²) >= 11 is 9.40. The lowest BCUT2D eigenvalue weighted by molar-refractivity contribution is 0.0955. The topological polar surface area (TPSA) is 83.8 Å². The van der Waals surface area contributed by atoms with Crippen molar-refractivity contribution in [3.05, 3.63) is 116 Å².